The first-order valence-corrected chi connectivity index (χ1v) is 7.29. The summed E-state index contributed by atoms with van der Waals surface area (Å²) in [6.07, 6.45) is 1.66. The summed E-state index contributed by atoms with van der Waals surface area (Å²) >= 11 is 0. The molecule has 0 radical (unpaired) electrons. The van der Waals surface area contributed by atoms with Crippen LogP contribution in [0.15, 0.2) is 78.4 Å². The first-order chi connectivity index (χ1) is 11.9. The summed E-state index contributed by atoms with van der Waals surface area (Å²) in [4.78, 5) is 3.83. The first-order valence-electron chi connectivity index (χ1n) is 7.29. The molecule has 0 bridgehead atoms. The number of rotatable bonds is 3. The molecule has 0 aliphatic heterocycles. The van der Waals surface area contributed by atoms with Crippen molar-refractivity contribution in [1.82, 2.24) is 4.98 Å². The molecule has 25 heavy (non-hydrogen) atoms. The summed E-state index contributed by atoms with van der Waals surface area (Å²) < 4.78 is 39.2. The Kier molecular flexibility index (Phi) is 4.47. The Labute approximate surface area is 141 Å². The zero-order valence-electron chi connectivity index (χ0n) is 12.8. The minimum absolute atomic E-state index is 0.335. The molecule has 0 fully saturated rings. The average molecular weight is 343 g/mol. The normalized spacial score (nSPS) is 12.2. The van der Waals surface area contributed by atoms with Crippen molar-refractivity contribution in [2.24, 2.45) is 5.10 Å². The van der Waals surface area contributed by atoms with Crippen molar-refractivity contribution in [3.8, 4) is 11.1 Å². The lowest BCUT2D eigenvalue weighted by Crippen LogP contribution is -2.33. The highest BCUT2D eigenvalue weighted by Crippen LogP contribution is 2.31. The van der Waals surface area contributed by atoms with Gasteiger partial charge in [-0.05, 0) is 40.0 Å². The maximum atomic E-state index is 12.6. The highest BCUT2D eigenvalue weighted by molar-refractivity contribution is 5.91. The highest BCUT2D eigenvalue weighted by Gasteiger charge is 2.29. The SMILES string of the molecule is [O-]C(=N[n+]1ccncc1)c1cccc(-c2ccc(C(F)(F)F)cc2)c1. The topological polar surface area (TPSA) is 52.2 Å². The zero-order valence-corrected chi connectivity index (χ0v) is 12.8. The molecule has 0 aliphatic rings. The summed E-state index contributed by atoms with van der Waals surface area (Å²) in [5, 5.41) is 16.1. The minimum atomic E-state index is -4.38. The third kappa shape index (κ3) is 4.00. The minimum Gasteiger partial charge on any atom is -0.854 e. The quantitative estimate of drug-likeness (QED) is 0.417. The maximum absolute atomic E-state index is 12.6. The van der Waals surface area contributed by atoms with E-state index in [9.17, 15) is 18.3 Å². The summed E-state index contributed by atoms with van der Waals surface area (Å²) in [6.45, 7) is 0. The van der Waals surface area contributed by atoms with Crippen molar-refractivity contribution in [2.75, 3.05) is 0 Å². The second-order valence-corrected chi connectivity index (χ2v) is 5.19. The smallest absolute Gasteiger partial charge is 0.416 e. The monoisotopic (exact) mass is 343 g/mol. The van der Waals surface area contributed by atoms with Gasteiger partial charge in [-0.1, -0.05) is 35.0 Å². The van der Waals surface area contributed by atoms with Crippen LogP contribution in [0, 0.1) is 0 Å². The molecule has 7 heteroatoms. The van der Waals surface area contributed by atoms with E-state index in [0.717, 1.165) is 12.1 Å². The van der Waals surface area contributed by atoms with E-state index in [0.29, 0.717) is 16.7 Å². The van der Waals surface area contributed by atoms with Crippen molar-refractivity contribution >= 4 is 5.90 Å². The number of alkyl halides is 3. The van der Waals surface area contributed by atoms with Crippen LogP contribution in [0.4, 0.5) is 13.2 Å². The molecular weight excluding hydrogens is 331 g/mol. The molecule has 0 aliphatic carbocycles. The summed E-state index contributed by atoms with van der Waals surface area (Å²) in [6, 6.07) is 11.4. The van der Waals surface area contributed by atoms with Gasteiger partial charge in [-0.15, -0.1) is 0 Å². The molecule has 3 rings (SSSR count). The van der Waals surface area contributed by atoms with Crippen LogP contribution in [-0.4, -0.2) is 10.9 Å². The average Bonchev–Trinajstić information content (AvgIpc) is 2.62. The van der Waals surface area contributed by atoms with Gasteiger partial charge in [0.1, 0.15) is 0 Å². The van der Waals surface area contributed by atoms with E-state index >= 15 is 0 Å². The summed E-state index contributed by atoms with van der Waals surface area (Å²) in [5.41, 5.74) is 0.836. The van der Waals surface area contributed by atoms with Crippen LogP contribution in [0.1, 0.15) is 11.1 Å². The van der Waals surface area contributed by atoms with Gasteiger partial charge in [-0.2, -0.15) is 13.2 Å². The van der Waals surface area contributed by atoms with Crippen LogP contribution in [0.3, 0.4) is 0 Å². The Morgan fingerprint density at radius 2 is 1.64 bits per heavy atom. The second-order valence-electron chi connectivity index (χ2n) is 5.19. The molecule has 0 amide bonds. The summed E-state index contributed by atoms with van der Waals surface area (Å²) in [5.74, 6) is -0.468. The molecule has 0 spiro atoms. The largest absolute Gasteiger partial charge is 0.854 e. The molecule has 0 atom stereocenters. The van der Waals surface area contributed by atoms with Gasteiger partial charge in [0.2, 0.25) is 12.4 Å². The lowest BCUT2D eigenvalue weighted by molar-refractivity contribution is -0.682. The Bertz CT molecular complexity index is 891. The predicted molar refractivity (Wildman–Crippen MR) is 83.2 cm³/mol. The Morgan fingerprint density at radius 1 is 0.960 bits per heavy atom. The van der Waals surface area contributed by atoms with Crippen molar-refractivity contribution in [3.63, 3.8) is 0 Å². The number of benzene rings is 2. The van der Waals surface area contributed by atoms with Gasteiger partial charge in [0.15, 0.2) is 0 Å². The van der Waals surface area contributed by atoms with Gasteiger partial charge in [0.05, 0.1) is 23.9 Å². The maximum Gasteiger partial charge on any atom is 0.416 e. The molecule has 0 saturated carbocycles. The molecular formula is C18H12F3N3O. The highest BCUT2D eigenvalue weighted by atomic mass is 19.4. The van der Waals surface area contributed by atoms with Crippen LogP contribution < -0.4 is 9.78 Å². The molecule has 0 N–H and O–H groups in total. The molecule has 4 nitrogen and oxygen atoms in total. The number of aromatic nitrogens is 2. The standard InChI is InChI=1S/C18H12F3N3O/c19-18(20,21)16-6-4-13(5-7-16)14-2-1-3-15(12-14)17(25)23-24-10-8-22-9-11-24/h1-12H. The van der Waals surface area contributed by atoms with Gasteiger partial charge in [0.25, 0.3) is 0 Å². The molecule has 0 unspecified atom stereocenters. The van der Waals surface area contributed by atoms with Crippen LogP contribution >= 0.6 is 0 Å². The van der Waals surface area contributed by atoms with Gasteiger partial charge in [-0.25, -0.2) is 0 Å². The fourth-order valence-corrected chi connectivity index (χ4v) is 2.23. The third-order valence-corrected chi connectivity index (χ3v) is 3.47. The molecule has 2 aromatic carbocycles. The molecule has 1 aromatic heterocycles. The number of halogens is 3. The second kappa shape index (κ2) is 6.72. The fourth-order valence-electron chi connectivity index (χ4n) is 2.23. The van der Waals surface area contributed by atoms with Gasteiger partial charge >= 0.3 is 6.18 Å². The lowest BCUT2D eigenvalue weighted by atomic mass is 10.0. The molecule has 126 valence electrons. The molecule has 0 saturated heterocycles. The fraction of sp³-hybridized carbons (Fsp3) is 0.0556. The Morgan fingerprint density at radius 3 is 2.28 bits per heavy atom. The predicted octanol–water partition coefficient (Wildman–Crippen LogP) is 2.63. The Balaban J connectivity index is 1.90. The number of hydrogen-bond acceptors (Lipinski definition) is 3. The number of nitrogens with zero attached hydrogens (tertiary/aromatic N) is 3. The van der Waals surface area contributed by atoms with E-state index in [1.807, 2.05) is 0 Å². The van der Waals surface area contributed by atoms with Crippen molar-refractivity contribution in [1.29, 1.82) is 0 Å². The zero-order chi connectivity index (χ0) is 17.9. The van der Waals surface area contributed by atoms with Gasteiger partial charge < -0.3 is 5.11 Å². The molecule has 3 aromatic rings. The van der Waals surface area contributed by atoms with E-state index in [4.69, 9.17) is 0 Å². The Hall–Kier alpha value is -3.22. The number of hydrogen-bond donors (Lipinski definition) is 0. The van der Waals surface area contributed by atoms with E-state index in [-0.39, 0.29) is 0 Å². The first kappa shape index (κ1) is 16.6. The van der Waals surface area contributed by atoms with E-state index in [1.54, 1.807) is 24.3 Å². The van der Waals surface area contributed by atoms with Crippen LogP contribution in [-0.2, 0) is 6.18 Å². The van der Waals surface area contributed by atoms with E-state index < -0.39 is 17.6 Å². The van der Waals surface area contributed by atoms with Crippen molar-refractivity contribution < 1.29 is 23.0 Å². The lowest BCUT2D eigenvalue weighted by Gasteiger charge is -2.11. The van der Waals surface area contributed by atoms with Crippen molar-refractivity contribution in [3.05, 3.63) is 84.4 Å². The van der Waals surface area contributed by atoms with Crippen LogP contribution in [0.2, 0.25) is 0 Å². The van der Waals surface area contributed by atoms with Crippen molar-refractivity contribution in [2.45, 2.75) is 6.18 Å². The van der Waals surface area contributed by atoms with E-state index in [1.165, 1.54) is 41.6 Å². The van der Waals surface area contributed by atoms with E-state index in [2.05, 4.69) is 10.1 Å². The molecule has 1 heterocycles. The third-order valence-electron chi connectivity index (χ3n) is 3.47. The van der Waals surface area contributed by atoms with Gasteiger partial charge in [-0.3, -0.25) is 4.98 Å². The summed E-state index contributed by atoms with van der Waals surface area (Å²) in [7, 11) is 0. The van der Waals surface area contributed by atoms with Crippen LogP contribution in [0.25, 0.3) is 11.1 Å². The van der Waals surface area contributed by atoms with Crippen LogP contribution in [0.5, 0.6) is 0 Å². The van der Waals surface area contributed by atoms with Gasteiger partial charge in [0, 0.05) is 0 Å².